The number of aliphatic carboxylic acids is 1. The van der Waals surface area contributed by atoms with Crippen LogP contribution in [0, 0.1) is 10.1 Å². The molecule has 0 unspecified atom stereocenters. The molecule has 11 heteroatoms. The van der Waals surface area contributed by atoms with Gasteiger partial charge in [0.15, 0.2) is 0 Å². The maximum atomic E-state index is 12.5. The summed E-state index contributed by atoms with van der Waals surface area (Å²) in [4.78, 5) is 22.5. The first-order valence-corrected chi connectivity index (χ1v) is 4.79. The summed E-state index contributed by atoms with van der Waals surface area (Å²) in [5, 5.41) is 19.0. The van der Waals surface area contributed by atoms with E-state index in [0.717, 1.165) is 0 Å². The lowest BCUT2D eigenvalue weighted by Gasteiger charge is -2.12. The molecule has 1 rings (SSSR count). The lowest BCUT2D eigenvalue weighted by molar-refractivity contribution is -0.386. The number of hydrogen-bond acceptors (Lipinski definition) is 4. The molecule has 0 atom stereocenters. The highest BCUT2D eigenvalue weighted by molar-refractivity contribution is 5.71. The highest BCUT2D eigenvalue weighted by Gasteiger charge is 2.39. The zero-order valence-corrected chi connectivity index (χ0v) is 9.32. The normalized spacial score (nSPS) is 11.7. The van der Waals surface area contributed by atoms with Crippen molar-refractivity contribution in [2.24, 2.45) is 0 Å². The predicted molar refractivity (Wildman–Crippen MR) is 52.2 cm³/mol. The van der Waals surface area contributed by atoms with Crippen molar-refractivity contribution >= 4 is 11.7 Å². The van der Waals surface area contributed by atoms with E-state index in [-0.39, 0.29) is 6.07 Å². The van der Waals surface area contributed by atoms with E-state index in [2.05, 4.69) is 4.98 Å². The molecule has 1 aromatic rings. The SMILES string of the molecule is O=C(O)Cc1nc(C(F)F)c(C(F)(F)F)cc1[N+](=O)[O-]. The fourth-order valence-electron chi connectivity index (χ4n) is 1.38. The Labute approximate surface area is 107 Å². The van der Waals surface area contributed by atoms with Crippen molar-refractivity contribution in [3.8, 4) is 0 Å². The number of carboxylic acids is 1. The summed E-state index contributed by atoms with van der Waals surface area (Å²) in [5.74, 6) is -1.65. The molecule has 0 amide bonds. The van der Waals surface area contributed by atoms with Gasteiger partial charge in [-0.3, -0.25) is 14.9 Å². The van der Waals surface area contributed by atoms with E-state index < -0.39 is 52.6 Å². The molecule has 0 saturated carbocycles. The van der Waals surface area contributed by atoms with Gasteiger partial charge in [-0.1, -0.05) is 0 Å². The molecular formula is C9H5F5N2O4. The van der Waals surface area contributed by atoms with Gasteiger partial charge in [0.25, 0.3) is 12.1 Å². The molecule has 6 nitrogen and oxygen atoms in total. The summed E-state index contributed by atoms with van der Waals surface area (Å²) in [6.07, 6.45) is -10.1. The number of hydrogen-bond donors (Lipinski definition) is 1. The molecule has 0 aliphatic carbocycles. The maximum absolute atomic E-state index is 12.5. The molecule has 1 aromatic heterocycles. The third-order valence-electron chi connectivity index (χ3n) is 2.14. The number of alkyl halides is 5. The van der Waals surface area contributed by atoms with E-state index in [0.29, 0.717) is 0 Å². The Morgan fingerprint density at radius 3 is 2.35 bits per heavy atom. The Bertz CT molecular complexity index is 558. The van der Waals surface area contributed by atoms with Crippen molar-refractivity contribution in [3.05, 3.63) is 33.1 Å². The number of carbonyl (C=O) groups is 1. The lowest BCUT2D eigenvalue weighted by atomic mass is 10.1. The molecule has 1 heterocycles. The molecule has 20 heavy (non-hydrogen) atoms. The van der Waals surface area contributed by atoms with Crippen molar-refractivity contribution in [2.45, 2.75) is 19.0 Å². The molecule has 0 aliphatic heterocycles. The number of rotatable bonds is 4. The Kier molecular flexibility index (Phi) is 4.20. The second-order valence-electron chi connectivity index (χ2n) is 3.51. The third kappa shape index (κ3) is 3.36. The lowest BCUT2D eigenvalue weighted by Crippen LogP contribution is -2.16. The predicted octanol–water partition coefficient (Wildman–Crippen LogP) is 2.57. The molecule has 0 aromatic carbocycles. The van der Waals surface area contributed by atoms with E-state index >= 15 is 0 Å². The van der Waals surface area contributed by atoms with E-state index in [4.69, 9.17) is 5.11 Å². The third-order valence-corrected chi connectivity index (χ3v) is 2.14. The van der Waals surface area contributed by atoms with Crippen molar-refractivity contribution in [2.75, 3.05) is 0 Å². The topological polar surface area (TPSA) is 93.3 Å². The van der Waals surface area contributed by atoms with Crippen LogP contribution in [0.5, 0.6) is 0 Å². The van der Waals surface area contributed by atoms with Gasteiger partial charge in [0.1, 0.15) is 11.4 Å². The minimum atomic E-state index is -5.27. The summed E-state index contributed by atoms with van der Waals surface area (Å²) < 4.78 is 62.7. The fourth-order valence-corrected chi connectivity index (χ4v) is 1.38. The molecule has 110 valence electrons. The highest BCUT2D eigenvalue weighted by atomic mass is 19.4. The van der Waals surface area contributed by atoms with Crippen LogP contribution in [-0.2, 0) is 17.4 Å². The van der Waals surface area contributed by atoms with Crippen molar-refractivity contribution in [1.82, 2.24) is 4.98 Å². The summed E-state index contributed by atoms with van der Waals surface area (Å²) in [6.45, 7) is 0. The van der Waals surface area contributed by atoms with E-state index in [1.165, 1.54) is 0 Å². The Morgan fingerprint density at radius 1 is 1.45 bits per heavy atom. The minimum absolute atomic E-state index is 0.132. The van der Waals surface area contributed by atoms with Gasteiger partial charge in [0, 0.05) is 6.07 Å². The summed E-state index contributed by atoms with van der Waals surface area (Å²) >= 11 is 0. The first kappa shape index (κ1) is 15.7. The Balaban J connectivity index is 3.59. The van der Waals surface area contributed by atoms with Crippen LogP contribution in [0.25, 0.3) is 0 Å². The average molecular weight is 300 g/mol. The van der Waals surface area contributed by atoms with Crippen LogP contribution in [-0.4, -0.2) is 21.0 Å². The van der Waals surface area contributed by atoms with Crippen LogP contribution in [0.1, 0.15) is 23.4 Å². The van der Waals surface area contributed by atoms with Crippen LogP contribution >= 0.6 is 0 Å². The minimum Gasteiger partial charge on any atom is -0.481 e. The number of aromatic nitrogens is 1. The number of nitro groups is 1. The van der Waals surface area contributed by atoms with Gasteiger partial charge in [-0.15, -0.1) is 0 Å². The second-order valence-corrected chi connectivity index (χ2v) is 3.51. The summed E-state index contributed by atoms with van der Waals surface area (Å²) in [6, 6.07) is -0.132. The first-order chi connectivity index (χ1) is 9.04. The van der Waals surface area contributed by atoms with Crippen LogP contribution < -0.4 is 0 Å². The summed E-state index contributed by atoms with van der Waals surface area (Å²) in [5.41, 5.74) is -5.94. The van der Waals surface area contributed by atoms with Crippen LogP contribution in [0.4, 0.5) is 27.6 Å². The molecule has 0 spiro atoms. The van der Waals surface area contributed by atoms with E-state index in [1.807, 2.05) is 0 Å². The summed E-state index contributed by atoms with van der Waals surface area (Å²) in [7, 11) is 0. The molecule has 0 bridgehead atoms. The number of halogens is 5. The molecule has 1 N–H and O–H groups in total. The maximum Gasteiger partial charge on any atom is 0.418 e. The monoisotopic (exact) mass is 300 g/mol. The molecular weight excluding hydrogens is 295 g/mol. The fraction of sp³-hybridized carbons (Fsp3) is 0.333. The number of carboxylic acid groups (broad SMARTS) is 1. The van der Waals surface area contributed by atoms with Gasteiger partial charge >= 0.3 is 12.1 Å². The quantitative estimate of drug-likeness (QED) is 0.524. The van der Waals surface area contributed by atoms with Crippen LogP contribution in [0.2, 0.25) is 0 Å². The zero-order valence-electron chi connectivity index (χ0n) is 9.32. The zero-order chi connectivity index (χ0) is 15.7. The number of nitrogens with zero attached hydrogens (tertiary/aromatic N) is 2. The van der Waals surface area contributed by atoms with Gasteiger partial charge in [0.05, 0.1) is 16.9 Å². The van der Waals surface area contributed by atoms with Crippen molar-refractivity contribution < 1.29 is 36.8 Å². The van der Waals surface area contributed by atoms with Gasteiger partial charge < -0.3 is 5.11 Å². The Hall–Kier alpha value is -2.33. The van der Waals surface area contributed by atoms with Crippen LogP contribution in [0.3, 0.4) is 0 Å². The smallest absolute Gasteiger partial charge is 0.418 e. The van der Waals surface area contributed by atoms with E-state index in [1.54, 1.807) is 0 Å². The highest BCUT2D eigenvalue weighted by Crippen LogP contribution is 2.38. The van der Waals surface area contributed by atoms with Crippen molar-refractivity contribution in [1.29, 1.82) is 0 Å². The van der Waals surface area contributed by atoms with Gasteiger partial charge in [-0.05, 0) is 0 Å². The Morgan fingerprint density at radius 2 is 2.00 bits per heavy atom. The van der Waals surface area contributed by atoms with Crippen LogP contribution in [0.15, 0.2) is 6.07 Å². The molecule has 0 radical (unpaired) electrons. The average Bonchev–Trinajstić information content (AvgIpc) is 2.25. The largest absolute Gasteiger partial charge is 0.481 e. The number of pyridine rings is 1. The van der Waals surface area contributed by atoms with E-state index in [9.17, 15) is 36.9 Å². The van der Waals surface area contributed by atoms with Crippen molar-refractivity contribution in [3.63, 3.8) is 0 Å². The van der Waals surface area contributed by atoms with Gasteiger partial charge in [-0.2, -0.15) is 13.2 Å². The molecule has 0 fully saturated rings. The molecule has 0 saturated heterocycles. The standard InChI is InChI=1S/C9H5F5N2O4/c10-8(11)7-3(9(12,13)14)1-5(16(19)20)4(15-7)2-6(17)18/h1,8H,2H2,(H,17,18). The first-order valence-electron chi connectivity index (χ1n) is 4.79. The van der Waals surface area contributed by atoms with Gasteiger partial charge in [0.2, 0.25) is 0 Å². The van der Waals surface area contributed by atoms with Gasteiger partial charge in [-0.25, -0.2) is 13.8 Å². The second kappa shape index (κ2) is 5.35. The molecule has 0 aliphatic rings.